The Hall–Kier alpha value is -2.31. The van der Waals surface area contributed by atoms with Gasteiger partial charge in [-0.1, -0.05) is 30.3 Å². The number of aromatic nitrogens is 1. The van der Waals surface area contributed by atoms with Gasteiger partial charge in [-0.3, -0.25) is 0 Å². The van der Waals surface area contributed by atoms with Crippen molar-refractivity contribution < 1.29 is 13.2 Å². The van der Waals surface area contributed by atoms with Gasteiger partial charge in [0.2, 0.25) is 0 Å². The second kappa shape index (κ2) is 7.74. The molecule has 0 saturated carbocycles. The largest absolute Gasteiger partial charge is 0.416 e. The Bertz CT molecular complexity index is 923. The number of halogens is 4. The summed E-state index contributed by atoms with van der Waals surface area (Å²) >= 11 is 0. The van der Waals surface area contributed by atoms with E-state index in [1.165, 1.54) is 12.1 Å². The summed E-state index contributed by atoms with van der Waals surface area (Å²) in [5.74, 6) is 0. The van der Waals surface area contributed by atoms with Crippen LogP contribution in [0, 0.1) is 0 Å². The van der Waals surface area contributed by atoms with Crippen LogP contribution < -0.4 is 10.2 Å². The molecule has 1 aliphatic rings. The highest BCUT2D eigenvalue weighted by Gasteiger charge is 2.31. The van der Waals surface area contributed by atoms with Gasteiger partial charge in [0.1, 0.15) is 0 Å². The Labute approximate surface area is 161 Å². The average Bonchev–Trinajstić information content (AvgIpc) is 2.67. The molecular formula is C20H19ClF3N3. The van der Waals surface area contributed by atoms with Crippen LogP contribution in [0.5, 0.6) is 0 Å². The molecule has 4 rings (SSSR count). The van der Waals surface area contributed by atoms with Gasteiger partial charge < -0.3 is 10.2 Å². The topological polar surface area (TPSA) is 28.2 Å². The molecule has 1 aromatic heterocycles. The third-order valence-electron chi connectivity index (χ3n) is 4.64. The van der Waals surface area contributed by atoms with Crippen LogP contribution in [0.25, 0.3) is 22.2 Å². The predicted octanol–water partition coefficient (Wildman–Crippen LogP) is 4.75. The van der Waals surface area contributed by atoms with Gasteiger partial charge in [0.05, 0.1) is 16.8 Å². The number of hydrogen-bond donors (Lipinski definition) is 1. The third-order valence-corrected chi connectivity index (χ3v) is 4.64. The highest BCUT2D eigenvalue weighted by Crippen LogP contribution is 2.36. The van der Waals surface area contributed by atoms with E-state index >= 15 is 0 Å². The minimum absolute atomic E-state index is 0. The van der Waals surface area contributed by atoms with Gasteiger partial charge >= 0.3 is 6.18 Å². The molecule has 1 N–H and O–H groups in total. The highest BCUT2D eigenvalue weighted by atomic mass is 35.5. The van der Waals surface area contributed by atoms with Gasteiger partial charge in [-0.05, 0) is 24.3 Å². The zero-order chi connectivity index (χ0) is 18.1. The molecule has 7 heteroatoms. The van der Waals surface area contributed by atoms with E-state index in [1.807, 2.05) is 36.4 Å². The molecular weight excluding hydrogens is 375 g/mol. The SMILES string of the molecule is Cl.FC(F)(F)c1ccc2nc(-c3ccccc3)cc(N3CCNCC3)c2c1. The Kier molecular flexibility index (Phi) is 5.58. The monoisotopic (exact) mass is 393 g/mol. The fraction of sp³-hybridized carbons (Fsp3) is 0.250. The number of fused-ring (bicyclic) bond motifs is 1. The normalized spacial score (nSPS) is 14.9. The second-order valence-electron chi connectivity index (χ2n) is 6.36. The molecule has 1 aliphatic heterocycles. The standard InChI is InChI=1S/C20H18F3N3.ClH/c21-20(22,23)15-6-7-17-16(12-15)19(26-10-8-24-9-11-26)13-18(25-17)14-4-2-1-3-5-14;/h1-7,12-13,24H,8-11H2;1H. The summed E-state index contributed by atoms with van der Waals surface area (Å²) in [4.78, 5) is 6.75. The van der Waals surface area contributed by atoms with E-state index in [9.17, 15) is 13.2 Å². The van der Waals surface area contributed by atoms with E-state index in [0.29, 0.717) is 10.9 Å². The molecule has 0 unspecified atom stereocenters. The fourth-order valence-electron chi connectivity index (χ4n) is 3.31. The molecule has 142 valence electrons. The lowest BCUT2D eigenvalue weighted by molar-refractivity contribution is -0.137. The molecule has 2 aromatic carbocycles. The number of pyridine rings is 1. The summed E-state index contributed by atoms with van der Waals surface area (Å²) in [6, 6.07) is 15.4. The van der Waals surface area contributed by atoms with Crippen molar-refractivity contribution in [1.82, 2.24) is 10.3 Å². The number of hydrogen-bond acceptors (Lipinski definition) is 3. The number of piperazine rings is 1. The molecule has 27 heavy (non-hydrogen) atoms. The van der Waals surface area contributed by atoms with Crippen molar-refractivity contribution in [2.24, 2.45) is 0 Å². The molecule has 0 bridgehead atoms. The number of rotatable bonds is 2. The molecule has 2 heterocycles. The lowest BCUT2D eigenvalue weighted by atomic mass is 10.0. The first-order valence-electron chi connectivity index (χ1n) is 8.55. The maximum Gasteiger partial charge on any atom is 0.416 e. The van der Waals surface area contributed by atoms with E-state index in [2.05, 4.69) is 15.2 Å². The first-order chi connectivity index (χ1) is 12.5. The van der Waals surface area contributed by atoms with Gasteiger partial charge in [-0.15, -0.1) is 12.4 Å². The van der Waals surface area contributed by atoms with Crippen LogP contribution in [0.4, 0.5) is 18.9 Å². The number of benzene rings is 2. The molecule has 0 aliphatic carbocycles. The van der Waals surface area contributed by atoms with Crippen molar-refractivity contribution in [3.63, 3.8) is 0 Å². The minimum Gasteiger partial charge on any atom is -0.368 e. The zero-order valence-corrected chi connectivity index (χ0v) is 15.3. The Balaban J connectivity index is 0.00000210. The molecule has 3 aromatic rings. The van der Waals surface area contributed by atoms with Crippen molar-refractivity contribution >= 4 is 29.0 Å². The van der Waals surface area contributed by atoms with Crippen molar-refractivity contribution in [1.29, 1.82) is 0 Å². The summed E-state index contributed by atoms with van der Waals surface area (Å²) < 4.78 is 39.6. The molecule has 1 saturated heterocycles. The van der Waals surface area contributed by atoms with Gasteiger partial charge in [0, 0.05) is 42.8 Å². The number of nitrogens with zero attached hydrogens (tertiary/aromatic N) is 2. The third kappa shape index (κ3) is 4.01. The van der Waals surface area contributed by atoms with Crippen molar-refractivity contribution in [2.45, 2.75) is 6.18 Å². The van der Waals surface area contributed by atoms with Crippen LogP contribution in [0.3, 0.4) is 0 Å². The first kappa shape index (κ1) is 19.5. The number of anilines is 1. The number of nitrogens with one attached hydrogen (secondary N) is 1. The molecule has 0 atom stereocenters. The molecule has 3 nitrogen and oxygen atoms in total. The highest BCUT2D eigenvalue weighted by molar-refractivity contribution is 5.95. The zero-order valence-electron chi connectivity index (χ0n) is 14.5. The molecule has 1 fully saturated rings. The first-order valence-corrected chi connectivity index (χ1v) is 8.55. The lowest BCUT2D eigenvalue weighted by Gasteiger charge is -2.31. The van der Waals surface area contributed by atoms with Crippen LogP contribution in [0.15, 0.2) is 54.6 Å². The van der Waals surface area contributed by atoms with E-state index in [4.69, 9.17) is 0 Å². The summed E-state index contributed by atoms with van der Waals surface area (Å²) in [5.41, 5.74) is 2.46. The molecule has 0 amide bonds. The van der Waals surface area contributed by atoms with Crippen LogP contribution >= 0.6 is 12.4 Å². The van der Waals surface area contributed by atoms with E-state index < -0.39 is 11.7 Å². The lowest BCUT2D eigenvalue weighted by Crippen LogP contribution is -2.43. The summed E-state index contributed by atoms with van der Waals surface area (Å²) in [6.45, 7) is 3.13. The van der Waals surface area contributed by atoms with Crippen molar-refractivity contribution in [3.05, 3.63) is 60.2 Å². The maximum atomic E-state index is 13.2. The van der Waals surface area contributed by atoms with Gasteiger partial charge in [-0.25, -0.2) is 4.98 Å². The van der Waals surface area contributed by atoms with Crippen molar-refractivity contribution in [3.8, 4) is 11.3 Å². The Morgan fingerprint density at radius 3 is 2.30 bits per heavy atom. The minimum atomic E-state index is -4.37. The van der Waals surface area contributed by atoms with Crippen LogP contribution in [0.2, 0.25) is 0 Å². The predicted molar refractivity (Wildman–Crippen MR) is 105 cm³/mol. The van der Waals surface area contributed by atoms with Crippen LogP contribution in [-0.4, -0.2) is 31.2 Å². The Morgan fingerprint density at radius 1 is 0.926 bits per heavy atom. The Morgan fingerprint density at radius 2 is 1.63 bits per heavy atom. The quantitative estimate of drug-likeness (QED) is 0.681. The summed E-state index contributed by atoms with van der Waals surface area (Å²) in [7, 11) is 0. The summed E-state index contributed by atoms with van der Waals surface area (Å²) in [5, 5.41) is 3.82. The fourth-order valence-corrected chi connectivity index (χ4v) is 3.31. The second-order valence-corrected chi connectivity index (χ2v) is 6.36. The smallest absolute Gasteiger partial charge is 0.368 e. The summed E-state index contributed by atoms with van der Waals surface area (Å²) in [6.07, 6.45) is -4.37. The van der Waals surface area contributed by atoms with Gasteiger partial charge in [-0.2, -0.15) is 13.2 Å². The van der Waals surface area contributed by atoms with E-state index in [1.54, 1.807) is 0 Å². The van der Waals surface area contributed by atoms with E-state index in [-0.39, 0.29) is 12.4 Å². The van der Waals surface area contributed by atoms with Crippen LogP contribution in [-0.2, 0) is 6.18 Å². The number of alkyl halides is 3. The van der Waals surface area contributed by atoms with Crippen molar-refractivity contribution in [2.75, 3.05) is 31.1 Å². The molecule has 0 radical (unpaired) electrons. The van der Waals surface area contributed by atoms with E-state index in [0.717, 1.165) is 49.2 Å². The molecule has 0 spiro atoms. The average molecular weight is 394 g/mol. The van der Waals surface area contributed by atoms with Gasteiger partial charge in [0.15, 0.2) is 0 Å². The van der Waals surface area contributed by atoms with Gasteiger partial charge in [0.25, 0.3) is 0 Å². The maximum absolute atomic E-state index is 13.2. The van der Waals surface area contributed by atoms with Crippen LogP contribution in [0.1, 0.15) is 5.56 Å².